The molecular weight excluding hydrogens is 248 g/mol. The summed E-state index contributed by atoms with van der Waals surface area (Å²) in [5.74, 6) is 0.874. The number of nitrogens with zero attached hydrogens (tertiary/aromatic N) is 3. The van der Waals surface area contributed by atoms with E-state index in [1.807, 2.05) is 25.2 Å². The lowest BCUT2D eigenvalue weighted by Crippen LogP contribution is -2.12. The van der Waals surface area contributed by atoms with Gasteiger partial charge in [0.2, 0.25) is 0 Å². The Morgan fingerprint density at radius 1 is 1.00 bits per heavy atom. The smallest absolute Gasteiger partial charge is 0.144 e. The highest BCUT2D eigenvalue weighted by Crippen LogP contribution is 2.28. The Balaban J connectivity index is 2.11. The highest BCUT2D eigenvalue weighted by molar-refractivity contribution is 5.92. The molecule has 0 aliphatic heterocycles. The van der Waals surface area contributed by atoms with E-state index in [2.05, 4.69) is 46.1 Å². The standard InChI is InChI=1S/C16H16N4/c1-11-3-6-13(7-4-11)20(2)16-14-8-5-12(17)9-15(14)18-10-19-16/h3-10H,17H2,1-2H3. The van der Waals surface area contributed by atoms with Crippen LogP contribution >= 0.6 is 0 Å². The maximum Gasteiger partial charge on any atom is 0.144 e. The summed E-state index contributed by atoms with van der Waals surface area (Å²) in [7, 11) is 2.00. The van der Waals surface area contributed by atoms with Gasteiger partial charge in [-0.3, -0.25) is 0 Å². The molecule has 4 nitrogen and oxygen atoms in total. The van der Waals surface area contributed by atoms with Crippen molar-refractivity contribution in [2.24, 2.45) is 0 Å². The number of hydrogen-bond acceptors (Lipinski definition) is 4. The molecule has 0 saturated heterocycles. The summed E-state index contributed by atoms with van der Waals surface area (Å²) < 4.78 is 0. The van der Waals surface area contributed by atoms with E-state index >= 15 is 0 Å². The first-order valence-corrected chi connectivity index (χ1v) is 6.46. The quantitative estimate of drug-likeness (QED) is 0.722. The summed E-state index contributed by atoms with van der Waals surface area (Å²) in [4.78, 5) is 10.7. The third kappa shape index (κ3) is 2.16. The van der Waals surface area contributed by atoms with Crippen LogP contribution in [0.2, 0.25) is 0 Å². The third-order valence-electron chi connectivity index (χ3n) is 3.38. The van der Waals surface area contributed by atoms with Crippen LogP contribution in [-0.2, 0) is 0 Å². The molecule has 0 fully saturated rings. The van der Waals surface area contributed by atoms with Crippen LogP contribution in [0.25, 0.3) is 10.9 Å². The van der Waals surface area contributed by atoms with E-state index in [1.54, 1.807) is 6.33 Å². The van der Waals surface area contributed by atoms with E-state index in [9.17, 15) is 0 Å². The van der Waals surface area contributed by atoms with Gasteiger partial charge in [0.1, 0.15) is 12.1 Å². The van der Waals surface area contributed by atoms with Gasteiger partial charge < -0.3 is 10.6 Å². The number of benzene rings is 2. The second-order valence-corrected chi connectivity index (χ2v) is 4.87. The summed E-state index contributed by atoms with van der Waals surface area (Å²) in [6.07, 6.45) is 1.57. The SMILES string of the molecule is Cc1ccc(N(C)c2ncnc3cc(N)ccc23)cc1. The van der Waals surface area contributed by atoms with Crippen molar-refractivity contribution in [3.8, 4) is 0 Å². The van der Waals surface area contributed by atoms with Crippen molar-refractivity contribution in [1.82, 2.24) is 9.97 Å². The van der Waals surface area contributed by atoms with Crippen molar-refractivity contribution in [2.75, 3.05) is 17.7 Å². The Labute approximate surface area is 117 Å². The van der Waals surface area contributed by atoms with E-state index < -0.39 is 0 Å². The van der Waals surface area contributed by atoms with E-state index in [-0.39, 0.29) is 0 Å². The molecular formula is C16H16N4. The number of rotatable bonds is 2. The minimum atomic E-state index is 0.708. The molecule has 2 N–H and O–H groups in total. The predicted octanol–water partition coefficient (Wildman–Crippen LogP) is 3.29. The molecule has 0 aliphatic rings. The molecule has 0 unspecified atom stereocenters. The minimum Gasteiger partial charge on any atom is -0.399 e. The topological polar surface area (TPSA) is 55.0 Å². The van der Waals surface area contributed by atoms with Gasteiger partial charge in [0.15, 0.2) is 0 Å². The first-order valence-electron chi connectivity index (χ1n) is 6.46. The van der Waals surface area contributed by atoms with Crippen molar-refractivity contribution in [3.63, 3.8) is 0 Å². The molecule has 100 valence electrons. The fourth-order valence-corrected chi connectivity index (χ4v) is 2.22. The largest absolute Gasteiger partial charge is 0.399 e. The lowest BCUT2D eigenvalue weighted by atomic mass is 10.2. The van der Waals surface area contributed by atoms with Gasteiger partial charge in [-0.05, 0) is 37.3 Å². The molecule has 3 rings (SSSR count). The monoisotopic (exact) mass is 264 g/mol. The summed E-state index contributed by atoms with van der Waals surface area (Å²) in [6.45, 7) is 2.08. The molecule has 0 bridgehead atoms. The van der Waals surface area contributed by atoms with Crippen LogP contribution < -0.4 is 10.6 Å². The Bertz CT molecular complexity index is 750. The molecule has 2 aromatic carbocycles. The maximum atomic E-state index is 5.80. The van der Waals surface area contributed by atoms with Crippen LogP contribution in [0.3, 0.4) is 0 Å². The summed E-state index contributed by atoms with van der Waals surface area (Å²) >= 11 is 0. The number of anilines is 3. The zero-order valence-corrected chi connectivity index (χ0v) is 11.5. The third-order valence-corrected chi connectivity index (χ3v) is 3.38. The van der Waals surface area contributed by atoms with Gasteiger partial charge in [0.25, 0.3) is 0 Å². The lowest BCUT2D eigenvalue weighted by molar-refractivity contribution is 1.11. The highest BCUT2D eigenvalue weighted by atomic mass is 15.2. The fourth-order valence-electron chi connectivity index (χ4n) is 2.22. The van der Waals surface area contributed by atoms with Crippen LogP contribution in [0.1, 0.15) is 5.56 Å². The molecule has 1 heterocycles. The van der Waals surface area contributed by atoms with Crippen molar-refractivity contribution in [2.45, 2.75) is 6.92 Å². The molecule has 4 heteroatoms. The van der Waals surface area contributed by atoms with Gasteiger partial charge in [0.05, 0.1) is 5.52 Å². The number of aromatic nitrogens is 2. The molecule has 0 spiro atoms. The van der Waals surface area contributed by atoms with Gasteiger partial charge in [0, 0.05) is 23.8 Å². The van der Waals surface area contributed by atoms with Gasteiger partial charge in [-0.2, -0.15) is 0 Å². The minimum absolute atomic E-state index is 0.708. The van der Waals surface area contributed by atoms with Crippen LogP contribution in [0.15, 0.2) is 48.8 Å². The van der Waals surface area contributed by atoms with Crippen LogP contribution in [0, 0.1) is 6.92 Å². The van der Waals surface area contributed by atoms with Gasteiger partial charge in [-0.15, -0.1) is 0 Å². The molecule has 1 aromatic heterocycles. The Morgan fingerprint density at radius 3 is 2.50 bits per heavy atom. The number of aryl methyl sites for hydroxylation is 1. The molecule has 0 radical (unpaired) electrons. The van der Waals surface area contributed by atoms with Crippen LogP contribution in [0.5, 0.6) is 0 Å². The first-order chi connectivity index (χ1) is 9.65. The van der Waals surface area contributed by atoms with E-state index in [0.717, 1.165) is 22.4 Å². The molecule has 3 aromatic rings. The lowest BCUT2D eigenvalue weighted by Gasteiger charge is -2.20. The second kappa shape index (κ2) is 4.81. The molecule has 0 saturated carbocycles. The molecule has 20 heavy (non-hydrogen) atoms. The number of hydrogen-bond donors (Lipinski definition) is 1. The average molecular weight is 264 g/mol. The predicted molar refractivity (Wildman–Crippen MR) is 83.2 cm³/mol. The Morgan fingerprint density at radius 2 is 1.75 bits per heavy atom. The Kier molecular flexibility index (Phi) is 2.99. The van der Waals surface area contributed by atoms with E-state index in [0.29, 0.717) is 5.69 Å². The van der Waals surface area contributed by atoms with Gasteiger partial charge in [-0.1, -0.05) is 17.7 Å². The second-order valence-electron chi connectivity index (χ2n) is 4.87. The number of nitrogens with two attached hydrogens (primary N) is 1. The van der Waals surface area contributed by atoms with E-state index in [1.165, 1.54) is 5.56 Å². The number of fused-ring (bicyclic) bond motifs is 1. The summed E-state index contributed by atoms with van der Waals surface area (Å²) in [6, 6.07) is 14.0. The van der Waals surface area contributed by atoms with Crippen LogP contribution in [0.4, 0.5) is 17.2 Å². The number of nitrogen functional groups attached to an aromatic ring is 1. The Hall–Kier alpha value is -2.62. The summed E-state index contributed by atoms with van der Waals surface area (Å²) in [5, 5.41) is 0.991. The van der Waals surface area contributed by atoms with Gasteiger partial charge >= 0.3 is 0 Å². The zero-order valence-electron chi connectivity index (χ0n) is 11.5. The zero-order chi connectivity index (χ0) is 14.1. The van der Waals surface area contributed by atoms with Crippen molar-refractivity contribution >= 4 is 28.1 Å². The van der Waals surface area contributed by atoms with Crippen molar-refractivity contribution < 1.29 is 0 Å². The molecule has 0 aliphatic carbocycles. The molecule has 0 atom stereocenters. The first kappa shape index (κ1) is 12.4. The fraction of sp³-hybridized carbons (Fsp3) is 0.125. The van der Waals surface area contributed by atoms with E-state index in [4.69, 9.17) is 5.73 Å². The van der Waals surface area contributed by atoms with Crippen molar-refractivity contribution in [3.05, 3.63) is 54.4 Å². The van der Waals surface area contributed by atoms with Crippen LogP contribution in [-0.4, -0.2) is 17.0 Å². The maximum absolute atomic E-state index is 5.80. The van der Waals surface area contributed by atoms with Crippen molar-refractivity contribution in [1.29, 1.82) is 0 Å². The van der Waals surface area contributed by atoms with Gasteiger partial charge in [-0.25, -0.2) is 9.97 Å². The highest BCUT2D eigenvalue weighted by Gasteiger charge is 2.10. The molecule has 0 amide bonds. The summed E-state index contributed by atoms with van der Waals surface area (Å²) in [5.41, 5.74) is 9.70. The normalized spacial score (nSPS) is 10.7. The average Bonchev–Trinajstić information content (AvgIpc) is 2.46.